The number of anilines is 1. The number of benzene rings is 2. The first-order valence-electron chi connectivity index (χ1n) is 19.1. The highest BCUT2D eigenvalue weighted by Crippen LogP contribution is 2.55. The fourth-order valence-electron chi connectivity index (χ4n) is 9.77. The Labute approximate surface area is 302 Å². The number of carbonyl (C=O) groups excluding carboxylic acids is 2. The minimum atomic E-state index is -1.66. The molecular formula is C44H57NO3Si2. The summed E-state index contributed by atoms with van der Waals surface area (Å²) in [4.78, 5) is 30.1. The number of rotatable bonds is 6. The second-order valence-corrected chi connectivity index (χ2v) is 30.0. The topological polar surface area (TPSA) is 46.6 Å². The van der Waals surface area contributed by atoms with Crippen LogP contribution in [0.3, 0.4) is 0 Å². The van der Waals surface area contributed by atoms with Crippen LogP contribution in [0.25, 0.3) is 6.08 Å². The molecule has 2 aliphatic carbocycles. The summed E-state index contributed by atoms with van der Waals surface area (Å²) in [7, 11) is -3.07. The molecule has 50 heavy (non-hydrogen) atoms. The molecule has 0 saturated heterocycles. The van der Waals surface area contributed by atoms with Crippen molar-refractivity contribution in [3.8, 4) is 0 Å². The molecule has 0 amide bonds. The van der Waals surface area contributed by atoms with Gasteiger partial charge in [0.05, 0.1) is 13.6 Å². The summed E-state index contributed by atoms with van der Waals surface area (Å²) in [5.41, 5.74) is 7.71. The standard InChI is InChI=1S/C44H57NO3Si2/c1-42(2)21-23-45-24-22-44(50(7,8)9,29-49(4,5)6)36-26-30(25-35(42)39(36)45)17-18-32-27-31(28-37(48-32)43(3)19-13-10-14-20-43)38-40(46)33-15-11-12-16-34(33)41(38)47/h11-12,15-18,25-28H,10,13-14,19-24,29H2,1-9H3. The molecule has 4 nitrogen and oxygen atoms in total. The Kier molecular flexibility index (Phi) is 8.58. The SMILES string of the molecule is CC1(C2=CC(=C3C(=O)c4ccccc4C3=O)C=C(C=Cc3cc4c5c(c3)C(C[Si](C)(C)C)([Si](C)(C)C)CCN5CCC4(C)C)O2)CCCCC1. The van der Waals surface area contributed by atoms with Crippen molar-refractivity contribution >= 4 is 39.5 Å². The van der Waals surface area contributed by atoms with Crippen LogP contribution >= 0.6 is 0 Å². The van der Waals surface area contributed by atoms with Crippen molar-refractivity contribution in [3.05, 3.63) is 105 Å². The molecule has 0 radical (unpaired) electrons. The average Bonchev–Trinajstić information content (AvgIpc) is 3.31. The minimum Gasteiger partial charge on any atom is -0.461 e. The molecule has 5 aliphatic rings. The van der Waals surface area contributed by atoms with Crippen molar-refractivity contribution in [2.75, 3.05) is 18.0 Å². The molecule has 1 saturated carbocycles. The monoisotopic (exact) mass is 703 g/mol. The Bertz CT molecular complexity index is 1850. The van der Waals surface area contributed by atoms with Gasteiger partial charge in [-0.05, 0) is 88.8 Å². The summed E-state index contributed by atoms with van der Waals surface area (Å²) in [5, 5.41) is 0.233. The van der Waals surface area contributed by atoms with E-state index in [4.69, 9.17) is 4.74 Å². The average molecular weight is 704 g/mol. The lowest BCUT2D eigenvalue weighted by Crippen LogP contribution is -2.58. The number of hydrogen-bond donors (Lipinski definition) is 0. The van der Waals surface area contributed by atoms with Crippen LogP contribution in [0.4, 0.5) is 5.69 Å². The van der Waals surface area contributed by atoms with Crippen molar-refractivity contribution in [2.24, 2.45) is 5.41 Å². The maximum absolute atomic E-state index is 13.7. The molecule has 0 spiro atoms. The van der Waals surface area contributed by atoms with Gasteiger partial charge in [-0.2, -0.15) is 0 Å². The first kappa shape index (κ1) is 35.2. The van der Waals surface area contributed by atoms with Gasteiger partial charge in [-0.3, -0.25) is 9.59 Å². The van der Waals surface area contributed by atoms with Crippen molar-refractivity contribution in [3.63, 3.8) is 0 Å². The van der Waals surface area contributed by atoms with Gasteiger partial charge in [-0.1, -0.05) is 116 Å². The van der Waals surface area contributed by atoms with Gasteiger partial charge in [0.15, 0.2) is 11.6 Å². The van der Waals surface area contributed by atoms with E-state index >= 15 is 0 Å². The van der Waals surface area contributed by atoms with Gasteiger partial charge in [-0.15, -0.1) is 0 Å². The van der Waals surface area contributed by atoms with Crippen molar-refractivity contribution < 1.29 is 14.3 Å². The zero-order chi connectivity index (χ0) is 35.9. The smallest absolute Gasteiger partial charge is 0.198 e. The van der Waals surface area contributed by atoms with Crippen LogP contribution in [0, 0.1) is 5.41 Å². The fraction of sp³-hybridized carbons (Fsp3) is 0.500. The minimum absolute atomic E-state index is 0.0913. The van der Waals surface area contributed by atoms with Crippen LogP contribution < -0.4 is 4.90 Å². The summed E-state index contributed by atoms with van der Waals surface area (Å²) in [5.74, 6) is 1.21. The number of fused-ring (bicyclic) bond motifs is 1. The van der Waals surface area contributed by atoms with Gasteiger partial charge >= 0.3 is 0 Å². The van der Waals surface area contributed by atoms with E-state index in [9.17, 15) is 9.59 Å². The van der Waals surface area contributed by atoms with Crippen LogP contribution in [0.15, 0.2) is 77.3 Å². The van der Waals surface area contributed by atoms with E-state index in [1.54, 1.807) is 17.7 Å². The number of ketones is 2. The Hall–Kier alpha value is -3.23. The quantitative estimate of drug-likeness (QED) is 0.171. The molecule has 6 heteroatoms. The summed E-state index contributed by atoms with van der Waals surface area (Å²) in [6.07, 6.45) is 16.3. The third kappa shape index (κ3) is 5.98. The molecule has 3 aliphatic heterocycles. The lowest BCUT2D eigenvalue weighted by Gasteiger charge is -2.56. The van der Waals surface area contributed by atoms with E-state index in [0.29, 0.717) is 22.5 Å². The largest absolute Gasteiger partial charge is 0.461 e. The van der Waals surface area contributed by atoms with E-state index < -0.39 is 16.1 Å². The Morgan fingerprint density at radius 3 is 2.02 bits per heavy atom. The van der Waals surface area contributed by atoms with Gasteiger partial charge < -0.3 is 9.64 Å². The lowest BCUT2D eigenvalue weighted by atomic mass is 9.72. The molecule has 2 aromatic rings. The normalized spacial score (nSPS) is 24.5. The molecule has 7 rings (SSSR count). The second-order valence-electron chi connectivity index (χ2n) is 19.1. The van der Waals surface area contributed by atoms with Crippen LogP contribution in [-0.4, -0.2) is 40.8 Å². The van der Waals surface area contributed by atoms with E-state index in [1.165, 1.54) is 35.7 Å². The van der Waals surface area contributed by atoms with Crippen LogP contribution in [0.5, 0.6) is 0 Å². The van der Waals surface area contributed by atoms with Gasteiger partial charge in [0.2, 0.25) is 0 Å². The predicted molar refractivity (Wildman–Crippen MR) is 214 cm³/mol. The van der Waals surface area contributed by atoms with Crippen LogP contribution in [0.2, 0.25) is 45.3 Å². The summed E-state index contributed by atoms with van der Waals surface area (Å²) < 4.78 is 6.77. The van der Waals surface area contributed by atoms with Crippen molar-refractivity contribution in [1.29, 1.82) is 0 Å². The molecule has 1 atom stereocenters. The zero-order valence-electron chi connectivity index (χ0n) is 32.0. The third-order valence-electron chi connectivity index (χ3n) is 12.7. The third-order valence-corrected chi connectivity index (χ3v) is 18.3. The molecule has 3 heterocycles. The predicted octanol–water partition coefficient (Wildman–Crippen LogP) is 11.2. The van der Waals surface area contributed by atoms with Gasteiger partial charge in [0.25, 0.3) is 0 Å². The summed E-state index contributed by atoms with van der Waals surface area (Å²) in [6, 6.07) is 13.5. The highest BCUT2D eigenvalue weighted by atomic mass is 28.3. The van der Waals surface area contributed by atoms with Gasteiger partial charge in [-0.25, -0.2) is 0 Å². The number of Topliss-reactive ketones (excluding diaryl/α,β-unsaturated/α-hetero) is 2. The molecule has 264 valence electrons. The number of allylic oxidation sites excluding steroid dienone is 6. The molecular weight excluding hydrogens is 647 g/mol. The number of carbonyl (C=O) groups is 2. The summed E-state index contributed by atoms with van der Waals surface area (Å²) in [6.45, 7) is 24.9. The fourth-order valence-corrected chi connectivity index (χ4v) is 17.5. The Morgan fingerprint density at radius 2 is 1.40 bits per heavy atom. The summed E-state index contributed by atoms with van der Waals surface area (Å²) >= 11 is 0. The second kappa shape index (κ2) is 12.2. The molecule has 0 N–H and O–H groups in total. The highest BCUT2D eigenvalue weighted by molar-refractivity contribution is 6.83. The molecule has 1 fully saturated rings. The lowest BCUT2D eigenvalue weighted by molar-refractivity contribution is 0.0987. The van der Waals surface area contributed by atoms with Crippen molar-refractivity contribution in [1.82, 2.24) is 0 Å². The van der Waals surface area contributed by atoms with E-state index in [0.717, 1.165) is 51.0 Å². The number of nitrogens with zero attached hydrogens (tertiary/aromatic N) is 1. The first-order valence-corrected chi connectivity index (χ1v) is 26.3. The maximum atomic E-state index is 13.7. The van der Waals surface area contributed by atoms with Gasteiger partial charge in [0, 0.05) is 43.4 Å². The maximum Gasteiger partial charge on any atom is 0.198 e. The molecule has 0 bridgehead atoms. The Balaban J connectivity index is 1.36. The van der Waals surface area contributed by atoms with Crippen LogP contribution in [-0.2, 0) is 15.2 Å². The van der Waals surface area contributed by atoms with Gasteiger partial charge in [0.1, 0.15) is 11.5 Å². The van der Waals surface area contributed by atoms with E-state index in [2.05, 4.69) is 89.2 Å². The molecule has 2 aromatic carbocycles. The Morgan fingerprint density at radius 1 is 0.780 bits per heavy atom. The van der Waals surface area contributed by atoms with Crippen LogP contribution in [0.1, 0.15) is 103 Å². The number of ether oxygens (including phenoxy) is 1. The van der Waals surface area contributed by atoms with E-state index in [-0.39, 0.29) is 33.0 Å². The zero-order valence-corrected chi connectivity index (χ0v) is 34.0. The first-order chi connectivity index (χ1) is 23.4. The highest BCUT2D eigenvalue weighted by Gasteiger charge is 2.52. The van der Waals surface area contributed by atoms with E-state index in [1.807, 2.05) is 24.3 Å². The number of hydrogen-bond acceptors (Lipinski definition) is 4. The molecule has 0 aromatic heterocycles. The van der Waals surface area contributed by atoms with Crippen molar-refractivity contribution in [2.45, 2.75) is 121 Å². The molecule has 1 unspecified atom stereocenters.